The van der Waals surface area contributed by atoms with Gasteiger partial charge in [0.05, 0.1) is 24.0 Å². The van der Waals surface area contributed by atoms with Crippen molar-refractivity contribution in [2.75, 3.05) is 6.54 Å². The molecule has 1 aliphatic heterocycles. The van der Waals surface area contributed by atoms with Gasteiger partial charge in [-0.15, -0.1) is 0 Å². The molecule has 0 amide bonds. The monoisotopic (exact) mass is 244 g/mol. The van der Waals surface area contributed by atoms with Gasteiger partial charge in [-0.05, 0) is 5.92 Å². The van der Waals surface area contributed by atoms with Crippen molar-refractivity contribution >= 4 is 0 Å². The van der Waals surface area contributed by atoms with Crippen LogP contribution in [0.5, 0.6) is 0 Å². The van der Waals surface area contributed by atoms with Crippen LogP contribution in [0.3, 0.4) is 0 Å². The van der Waals surface area contributed by atoms with Crippen molar-refractivity contribution < 1.29 is 0 Å². The minimum absolute atomic E-state index is 0.345. The van der Waals surface area contributed by atoms with Gasteiger partial charge in [0.25, 0.3) is 0 Å². The number of nitriles is 1. The first kappa shape index (κ1) is 13.0. The van der Waals surface area contributed by atoms with Gasteiger partial charge >= 0.3 is 0 Å². The highest BCUT2D eigenvalue weighted by atomic mass is 15.2. The molecule has 0 spiro atoms. The molecule has 1 aliphatic rings. The first-order valence-corrected chi connectivity index (χ1v) is 6.51. The SMILES string of the molecule is CC(C)c1nc2c(c(C(C)C)n1)CN(CC#N)C2. The molecule has 1 aromatic heterocycles. The maximum absolute atomic E-state index is 8.80. The highest BCUT2D eigenvalue weighted by Crippen LogP contribution is 2.29. The Hall–Kier alpha value is -1.47. The average Bonchev–Trinajstić information content (AvgIpc) is 2.69. The van der Waals surface area contributed by atoms with Crippen LogP contribution in [0, 0.1) is 11.3 Å². The van der Waals surface area contributed by atoms with E-state index >= 15 is 0 Å². The van der Waals surface area contributed by atoms with Crippen LogP contribution in [-0.4, -0.2) is 21.4 Å². The lowest BCUT2D eigenvalue weighted by Gasteiger charge is -2.13. The van der Waals surface area contributed by atoms with Crippen LogP contribution in [0.15, 0.2) is 0 Å². The molecule has 0 radical (unpaired) electrons. The van der Waals surface area contributed by atoms with Crippen molar-refractivity contribution in [1.29, 1.82) is 5.26 Å². The Morgan fingerprint density at radius 3 is 2.44 bits per heavy atom. The van der Waals surface area contributed by atoms with Crippen molar-refractivity contribution in [1.82, 2.24) is 14.9 Å². The lowest BCUT2D eigenvalue weighted by molar-refractivity contribution is 0.318. The Kier molecular flexibility index (Phi) is 3.63. The highest BCUT2D eigenvalue weighted by Gasteiger charge is 2.26. The summed E-state index contributed by atoms with van der Waals surface area (Å²) in [6, 6.07) is 2.21. The first-order chi connectivity index (χ1) is 8.52. The van der Waals surface area contributed by atoms with Gasteiger partial charge in [-0.2, -0.15) is 5.26 Å². The Morgan fingerprint density at radius 1 is 1.17 bits per heavy atom. The fraction of sp³-hybridized carbons (Fsp3) is 0.643. The molecule has 0 saturated heterocycles. The average molecular weight is 244 g/mol. The number of hydrogen-bond donors (Lipinski definition) is 0. The number of rotatable bonds is 3. The van der Waals surface area contributed by atoms with Gasteiger partial charge in [0.2, 0.25) is 0 Å². The third-order valence-corrected chi connectivity index (χ3v) is 3.25. The van der Waals surface area contributed by atoms with Gasteiger partial charge in [0.1, 0.15) is 5.82 Å². The molecule has 1 aromatic rings. The molecule has 0 unspecified atom stereocenters. The van der Waals surface area contributed by atoms with Crippen LogP contribution in [0.2, 0.25) is 0 Å². The largest absolute Gasteiger partial charge is 0.280 e. The van der Waals surface area contributed by atoms with Crippen LogP contribution in [0.1, 0.15) is 62.3 Å². The van der Waals surface area contributed by atoms with E-state index in [-0.39, 0.29) is 0 Å². The second kappa shape index (κ2) is 5.03. The molecule has 0 fully saturated rings. The molecule has 96 valence electrons. The predicted octanol–water partition coefficient (Wildman–Crippen LogP) is 2.56. The van der Waals surface area contributed by atoms with Crippen LogP contribution >= 0.6 is 0 Å². The molecule has 0 aromatic carbocycles. The molecule has 0 N–H and O–H groups in total. The molecule has 0 saturated carbocycles. The van der Waals surface area contributed by atoms with Crippen molar-refractivity contribution in [2.24, 2.45) is 0 Å². The van der Waals surface area contributed by atoms with Gasteiger partial charge in [-0.25, -0.2) is 9.97 Å². The molecule has 4 nitrogen and oxygen atoms in total. The molecule has 2 rings (SSSR count). The van der Waals surface area contributed by atoms with Gasteiger partial charge in [0, 0.05) is 24.6 Å². The quantitative estimate of drug-likeness (QED) is 0.767. The van der Waals surface area contributed by atoms with Gasteiger partial charge in [-0.3, -0.25) is 4.90 Å². The molecule has 18 heavy (non-hydrogen) atoms. The van der Waals surface area contributed by atoms with Crippen LogP contribution in [0.25, 0.3) is 0 Å². The normalized spacial score (nSPS) is 15.2. The van der Waals surface area contributed by atoms with E-state index in [1.165, 1.54) is 5.56 Å². The van der Waals surface area contributed by atoms with E-state index in [1.807, 2.05) is 0 Å². The Labute approximate surface area is 109 Å². The summed E-state index contributed by atoms with van der Waals surface area (Å²) in [5.74, 6) is 1.68. The number of nitrogens with zero attached hydrogens (tertiary/aromatic N) is 4. The van der Waals surface area contributed by atoms with E-state index in [1.54, 1.807) is 0 Å². The number of hydrogen-bond acceptors (Lipinski definition) is 4. The van der Waals surface area contributed by atoms with E-state index in [0.29, 0.717) is 18.4 Å². The van der Waals surface area contributed by atoms with Crippen LogP contribution in [-0.2, 0) is 13.1 Å². The maximum atomic E-state index is 8.80. The van der Waals surface area contributed by atoms with Gasteiger partial charge in [0.15, 0.2) is 0 Å². The lowest BCUT2D eigenvalue weighted by atomic mass is 10.0. The summed E-state index contributed by atoms with van der Waals surface area (Å²) in [6.45, 7) is 10.6. The lowest BCUT2D eigenvalue weighted by Crippen LogP contribution is -2.16. The zero-order valence-corrected chi connectivity index (χ0v) is 11.6. The van der Waals surface area contributed by atoms with Crippen molar-refractivity contribution in [3.05, 3.63) is 22.8 Å². The molecular formula is C14H20N4. The Morgan fingerprint density at radius 2 is 1.89 bits per heavy atom. The maximum Gasteiger partial charge on any atom is 0.131 e. The van der Waals surface area contributed by atoms with E-state index in [4.69, 9.17) is 10.2 Å². The van der Waals surface area contributed by atoms with E-state index < -0.39 is 0 Å². The second-order valence-corrected chi connectivity index (χ2v) is 5.50. The van der Waals surface area contributed by atoms with Crippen LogP contribution < -0.4 is 0 Å². The minimum atomic E-state index is 0.345. The van der Waals surface area contributed by atoms with Crippen molar-refractivity contribution in [3.8, 4) is 6.07 Å². The second-order valence-electron chi connectivity index (χ2n) is 5.50. The number of fused-ring (bicyclic) bond motifs is 1. The third kappa shape index (κ3) is 2.37. The predicted molar refractivity (Wildman–Crippen MR) is 69.9 cm³/mol. The molecule has 4 heteroatoms. The van der Waals surface area contributed by atoms with Gasteiger partial charge in [-0.1, -0.05) is 27.7 Å². The third-order valence-electron chi connectivity index (χ3n) is 3.25. The molecule has 0 atom stereocenters. The summed E-state index contributed by atoms with van der Waals surface area (Å²) in [7, 11) is 0. The van der Waals surface area contributed by atoms with E-state index in [0.717, 1.165) is 30.3 Å². The van der Waals surface area contributed by atoms with Crippen molar-refractivity contribution in [3.63, 3.8) is 0 Å². The molecule has 0 aliphatic carbocycles. The summed E-state index contributed by atoms with van der Waals surface area (Å²) in [5, 5.41) is 8.80. The standard InChI is InChI=1S/C14H20N4/c1-9(2)13-11-7-18(6-5-15)8-12(11)16-14(17-13)10(3)4/h9-10H,6-8H2,1-4H3. The fourth-order valence-corrected chi connectivity index (χ4v) is 2.31. The fourth-order valence-electron chi connectivity index (χ4n) is 2.31. The molecular weight excluding hydrogens is 224 g/mol. The summed E-state index contributed by atoms with van der Waals surface area (Å²) >= 11 is 0. The highest BCUT2D eigenvalue weighted by molar-refractivity contribution is 5.32. The first-order valence-electron chi connectivity index (χ1n) is 6.51. The van der Waals surface area contributed by atoms with E-state index in [9.17, 15) is 0 Å². The topological polar surface area (TPSA) is 52.8 Å². The summed E-state index contributed by atoms with van der Waals surface area (Å²) in [6.07, 6.45) is 0. The van der Waals surface area contributed by atoms with E-state index in [2.05, 4.69) is 43.6 Å². The minimum Gasteiger partial charge on any atom is -0.280 e. The Balaban J connectivity index is 2.41. The van der Waals surface area contributed by atoms with Gasteiger partial charge < -0.3 is 0 Å². The van der Waals surface area contributed by atoms with Crippen LogP contribution in [0.4, 0.5) is 0 Å². The zero-order valence-electron chi connectivity index (χ0n) is 11.6. The summed E-state index contributed by atoms with van der Waals surface area (Å²) in [4.78, 5) is 11.5. The smallest absolute Gasteiger partial charge is 0.131 e. The molecule has 2 heterocycles. The van der Waals surface area contributed by atoms with Crippen molar-refractivity contribution in [2.45, 2.75) is 52.6 Å². The molecule has 0 bridgehead atoms. The number of aromatic nitrogens is 2. The Bertz CT molecular complexity index is 485. The zero-order chi connectivity index (χ0) is 13.3. The summed E-state index contributed by atoms with van der Waals surface area (Å²) < 4.78 is 0. The summed E-state index contributed by atoms with van der Waals surface area (Å²) in [5.41, 5.74) is 3.52.